The monoisotopic (exact) mass is 316 g/mol. The predicted molar refractivity (Wildman–Crippen MR) is 85.0 cm³/mol. The highest BCUT2D eigenvalue weighted by Crippen LogP contribution is 2.39. The molecular formula is C17H20N2O4. The number of fused-ring (bicyclic) bond motifs is 1. The number of aliphatic carboxylic acids is 1. The Kier molecular flexibility index (Phi) is 4.09. The van der Waals surface area contributed by atoms with Crippen LogP contribution in [-0.2, 0) is 9.59 Å². The fraction of sp³-hybridized carbons (Fsp3) is 0.412. The molecule has 2 aliphatic rings. The Morgan fingerprint density at radius 1 is 1.52 bits per heavy atom. The van der Waals surface area contributed by atoms with Crippen LogP contribution in [0.3, 0.4) is 0 Å². The minimum absolute atomic E-state index is 0.149. The summed E-state index contributed by atoms with van der Waals surface area (Å²) in [6.45, 7) is 1.70. The number of carboxylic acids is 1. The van der Waals surface area contributed by atoms with Gasteiger partial charge < -0.3 is 15.2 Å². The highest BCUT2D eigenvalue weighted by molar-refractivity contribution is 5.92. The summed E-state index contributed by atoms with van der Waals surface area (Å²) in [5.74, 6) is -0.705. The lowest BCUT2D eigenvalue weighted by Gasteiger charge is -2.21. The number of benzene rings is 1. The second-order valence-electron chi connectivity index (χ2n) is 6.07. The van der Waals surface area contributed by atoms with Gasteiger partial charge in [-0.2, -0.15) is 0 Å². The lowest BCUT2D eigenvalue weighted by molar-refractivity contribution is -0.149. The zero-order valence-corrected chi connectivity index (χ0v) is 13.0. The highest BCUT2D eigenvalue weighted by atomic mass is 16.5. The van der Waals surface area contributed by atoms with Gasteiger partial charge in [-0.1, -0.05) is 30.4 Å². The summed E-state index contributed by atoms with van der Waals surface area (Å²) < 4.78 is 5.29. The fourth-order valence-corrected chi connectivity index (χ4v) is 3.45. The van der Waals surface area contributed by atoms with E-state index < -0.39 is 17.3 Å². The van der Waals surface area contributed by atoms with Crippen molar-refractivity contribution in [2.75, 3.05) is 33.3 Å². The second kappa shape index (κ2) is 6.04. The summed E-state index contributed by atoms with van der Waals surface area (Å²) in [6, 6.07) is 7.70. The Bertz CT molecular complexity index is 658. The maximum absolute atomic E-state index is 11.9. The van der Waals surface area contributed by atoms with Gasteiger partial charge in [0.05, 0.1) is 13.0 Å². The average Bonchev–Trinajstić information content (AvgIpc) is 3.06. The number of rotatable bonds is 5. The van der Waals surface area contributed by atoms with Crippen molar-refractivity contribution in [1.29, 1.82) is 0 Å². The number of carboxylic acid groups (broad SMARTS) is 1. The third-order valence-electron chi connectivity index (χ3n) is 4.73. The number of para-hydroxylation sites is 1. The van der Waals surface area contributed by atoms with Crippen molar-refractivity contribution in [3.05, 3.63) is 35.9 Å². The molecule has 2 N–H and O–H groups in total. The van der Waals surface area contributed by atoms with Crippen molar-refractivity contribution < 1.29 is 19.4 Å². The number of carbonyl (C=O) groups is 2. The third kappa shape index (κ3) is 2.70. The number of ether oxygens (including phenoxy) is 1. The SMILES string of the molecule is COc1ccccc1C=CCN1C[C@H]2C(=O)NC[C@@]2(C(=O)O)C1. The number of nitrogens with one attached hydrogen (secondary N) is 1. The van der Waals surface area contributed by atoms with Gasteiger partial charge in [-0.3, -0.25) is 14.5 Å². The number of carbonyl (C=O) groups excluding carboxylic acids is 1. The van der Waals surface area contributed by atoms with Crippen molar-refractivity contribution in [3.8, 4) is 5.75 Å². The van der Waals surface area contributed by atoms with Gasteiger partial charge in [0, 0.05) is 31.7 Å². The molecule has 0 radical (unpaired) electrons. The Morgan fingerprint density at radius 3 is 3.00 bits per heavy atom. The molecule has 0 unspecified atom stereocenters. The van der Waals surface area contributed by atoms with Crippen LogP contribution in [0.2, 0.25) is 0 Å². The molecule has 2 saturated heterocycles. The predicted octanol–water partition coefficient (Wildman–Crippen LogP) is 0.841. The quantitative estimate of drug-likeness (QED) is 0.842. The molecule has 0 spiro atoms. The van der Waals surface area contributed by atoms with Crippen LogP contribution in [0.5, 0.6) is 5.75 Å². The summed E-state index contributed by atoms with van der Waals surface area (Å²) in [5.41, 5.74) is -0.00453. The van der Waals surface area contributed by atoms with Crippen molar-refractivity contribution >= 4 is 18.0 Å². The first-order valence-corrected chi connectivity index (χ1v) is 7.60. The minimum Gasteiger partial charge on any atom is -0.496 e. The molecule has 0 saturated carbocycles. The normalized spacial score (nSPS) is 27.2. The first-order chi connectivity index (χ1) is 11.1. The van der Waals surface area contributed by atoms with E-state index in [1.165, 1.54) is 0 Å². The number of amides is 1. The molecule has 0 bridgehead atoms. The van der Waals surface area contributed by atoms with Crippen LogP contribution in [0.1, 0.15) is 5.56 Å². The summed E-state index contributed by atoms with van der Waals surface area (Å²) in [5, 5.41) is 12.2. The molecule has 122 valence electrons. The van der Waals surface area contributed by atoms with Gasteiger partial charge in [-0.15, -0.1) is 0 Å². The largest absolute Gasteiger partial charge is 0.496 e. The maximum Gasteiger partial charge on any atom is 0.313 e. The number of hydrogen-bond donors (Lipinski definition) is 2. The van der Waals surface area contributed by atoms with Gasteiger partial charge in [0.15, 0.2) is 0 Å². The summed E-state index contributed by atoms with van der Waals surface area (Å²) >= 11 is 0. The van der Waals surface area contributed by atoms with Gasteiger partial charge in [-0.25, -0.2) is 0 Å². The van der Waals surface area contributed by atoms with E-state index in [9.17, 15) is 14.7 Å². The van der Waals surface area contributed by atoms with Gasteiger partial charge in [0.1, 0.15) is 11.2 Å². The first-order valence-electron chi connectivity index (χ1n) is 7.60. The number of methoxy groups -OCH3 is 1. The van der Waals surface area contributed by atoms with Crippen LogP contribution in [0.15, 0.2) is 30.3 Å². The van der Waals surface area contributed by atoms with Crippen molar-refractivity contribution in [2.45, 2.75) is 0 Å². The van der Waals surface area contributed by atoms with Gasteiger partial charge in [-0.05, 0) is 6.07 Å². The van der Waals surface area contributed by atoms with E-state index in [-0.39, 0.29) is 12.5 Å². The molecule has 1 aromatic carbocycles. The van der Waals surface area contributed by atoms with Crippen LogP contribution in [0.4, 0.5) is 0 Å². The summed E-state index contributed by atoms with van der Waals surface area (Å²) in [7, 11) is 1.63. The van der Waals surface area contributed by atoms with Crippen molar-refractivity contribution in [3.63, 3.8) is 0 Å². The third-order valence-corrected chi connectivity index (χ3v) is 4.73. The first kappa shape index (κ1) is 15.6. The van der Waals surface area contributed by atoms with Crippen LogP contribution in [0, 0.1) is 11.3 Å². The van der Waals surface area contributed by atoms with Crippen molar-refractivity contribution in [1.82, 2.24) is 10.2 Å². The molecule has 1 amide bonds. The topological polar surface area (TPSA) is 78.9 Å². The molecule has 2 heterocycles. The highest BCUT2D eigenvalue weighted by Gasteiger charge is 2.59. The average molecular weight is 316 g/mol. The molecule has 0 aliphatic carbocycles. The standard InChI is InChI=1S/C17H20N2O4/c1-23-14-7-3-2-5-12(14)6-4-8-19-9-13-15(20)18-10-17(13,11-19)16(21)22/h2-7,13H,8-11H2,1H3,(H,18,20)(H,21,22)/t13-,17+/m0/s1. The molecule has 2 fully saturated rings. The van der Waals surface area contributed by atoms with Gasteiger partial charge in [0.25, 0.3) is 0 Å². The van der Waals surface area contributed by atoms with Crippen LogP contribution in [-0.4, -0.2) is 55.2 Å². The van der Waals surface area contributed by atoms with E-state index in [0.29, 0.717) is 19.6 Å². The van der Waals surface area contributed by atoms with E-state index in [2.05, 4.69) is 5.32 Å². The molecule has 23 heavy (non-hydrogen) atoms. The number of nitrogens with zero attached hydrogens (tertiary/aromatic N) is 1. The zero-order valence-electron chi connectivity index (χ0n) is 13.0. The summed E-state index contributed by atoms with van der Waals surface area (Å²) in [4.78, 5) is 25.5. The maximum atomic E-state index is 11.9. The Morgan fingerprint density at radius 2 is 2.30 bits per heavy atom. The molecule has 0 aromatic heterocycles. The van der Waals surface area contributed by atoms with Gasteiger partial charge in [0.2, 0.25) is 5.91 Å². The smallest absolute Gasteiger partial charge is 0.313 e. The van der Waals surface area contributed by atoms with E-state index in [1.807, 2.05) is 41.3 Å². The number of likely N-dealkylation sites (tertiary alicyclic amines) is 1. The summed E-state index contributed by atoms with van der Waals surface area (Å²) in [6.07, 6.45) is 3.94. The van der Waals surface area contributed by atoms with Crippen LogP contribution in [0.25, 0.3) is 6.08 Å². The van der Waals surface area contributed by atoms with Crippen molar-refractivity contribution in [2.24, 2.45) is 11.3 Å². The fourth-order valence-electron chi connectivity index (χ4n) is 3.45. The number of hydrogen-bond acceptors (Lipinski definition) is 4. The van der Waals surface area contributed by atoms with E-state index in [1.54, 1.807) is 7.11 Å². The molecule has 2 atom stereocenters. The Balaban J connectivity index is 1.67. The van der Waals surface area contributed by atoms with E-state index >= 15 is 0 Å². The molecule has 6 nitrogen and oxygen atoms in total. The second-order valence-corrected chi connectivity index (χ2v) is 6.07. The van der Waals surface area contributed by atoms with E-state index in [0.717, 1.165) is 11.3 Å². The molecular weight excluding hydrogens is 296 g/mol. The Labute approximate surface area is 134 Å². The van der Waals surface area contributed by atoms with Gasteiger partial charge >= 0.3 is 5.97 Å². The molecule has 1 aromatic rings. The minimum atomic E-state index is -0.977. The molecule has 6 heteroatoms. The lowest BCUT2D eigenvalue weighted by atomic mass is 9.81. The Hall–Kier alpha value is -2.34. The van der Waals surface area contributed by atoms with Crippen LogP contribution >= 0.6 is 0 Å². The lowest BCUT2D eigenvalue weighted by Crippen LogP contribution is -2.40. The van der Waals surface area contributed by atoms with E-state index in [4.69, 9.17) is 4.74 Å². The van der Waals surface area contributed by atoms with Crippen LogP contribution < -0.4 is 10.1 Å². The zero-order chi connectivity index (χ0) is 16.4. The molecule has 3 rings (SSSR count). The molecule has 2 aliphatic heterocycles.